The number of hydrogen-bond acceptors (Lipinski definition) is 5. The summed E-state index contributed by atoms with van der Waals surface area (Å²) >= 11 is 1.36. The van der Waals surface area contributed by atoms with E-state index in [1.54, 1.807) is 7.11 Å². The molecule has 0 spiro atoms. The van der Waals surface area contributed by atoms with Gasteiger partial charge in [0.25, 0.3) is 0 Å². The third-order valence-corrected chi connectivity index (χ3v) is 6.17. The van der Waals surface area contributed by atoms with Crippen molar-refractivity contribution in [3.05, 3.63) is 89.5 Å². The molecule has 0 aliphatic carbocycles. The SMILES string of the molecule is COc1ccccc1CNC(=O)CSc1nnc(-c2ccc(C)cc2)n1-c1ccc(C)cc1. The number of aromatic nitrogens is 3. The van der Waals surface area contributed by atoms with Gasteiger partial charge in [0.1, 0.15) is 5.75 Å². The zero-order valence-corrected chi connectivity index (χ0v) is 19.7. The van der Waals surface area contributed by atoms with Crippen molar-refractivity contribution in [1.82, 2.24) is 20.1 Å². The number of methoxy groups -OCH3 is 1. The first-order valence-corrected chi connectivity index (χ1v) is 11.6. The summed E-state index contributed by atoms with van der Waals surface area (Å²) in [5.41, 5.74) is 5.22. The van der Waals surface area contributed by atoms with Gasteiger partial charge in [0.2, 0.25) is 5.91 Å². The summed E-state index contributed by atoms with van der Waals surface area (Å²) in [4.78, 5) is 12.6. The fourth-order valence-corrected chi connectivity index (χ4v) is 4.19. The molecule has 4 rings (SSSR count). The molecule has 1 N–H and O–H groups in total. The fraction of sp³-hybridized carbons (Fsp3) is 0.192. The lowest BCUT2D eigenvalue weighted by atomic mass is 10.1. The molecule has 0 saturated carbocycles. The Morgan fingerprint density at radius 1 is 0.939 bits per heavy atom. The molecule has 0 bridgehead atoms. The second kappa shape index (κ2) is 10.4. The second-order valence-electron chi connectivity index (χ2n) is 7.72. The molecule has 0 aliphatic heterocycles. The number of para-hydroxylation sites is 1. The van der Waals surface area contributed by atoms with Gasteiger partial charge in [-0.05, 0) is 32.0 Å². The summed E-state index contributed by atoms with van der Waals surface area (Å²) < 4.78 is 7.36. The van der Waals surface area contributed by atoms with Gasteiger partial charge in [-0.1, -0.05) is 77.5 Å². The van der Waals surface area contributed by atoms with Crippen LogP contribution in [0.15, 0.2) is 78.0 Å². The number of carbonyl (C=O) groups is 1. The first-order chi connectivity index (χ1) is 16.0. The minimum absolute atomic E-state index is 0.0822. The van der Waals surface area contributed by atoms with Crippen molar-refractivity contribution in [1.29, 1.82) is 0 Å². The molecule has 168 valence electrons. The zero-order chi connectivity index (χ0) is 23.2. The number of aryl methyl sites for hydroxylation is 2. The number of nitrogens with one attached hydrogen (secondary N) is 1. The highest BCUT2D eigenvalue weighted by molar-refractivity contribution is 7.99. The van der Waals surface area contributed by atoms with Crippen molar-refractivity contribution in [3.63, 3.8) is 0 Å². The molecule has 0 radical (unpaired) electrons. The topological polar surface area (TPSA) is 69.0 Å². The van der Waals surface area contributed by atoms with Crippen molar-refractivity contribution >= 4 is 17.7 Å². The molecule has 1 aromatic heterocycles. The molecule has 1 amide bonds. The first-order valence-electron chi connectivity index (χ1n) is 10.7. The van der Waals surface area contributed by atoms with Crippen LogP contribution in [-0.2, 0) is 11.3 Å². The first kappa shape index (κ1) is 22.6. The Morgan fingerprint density at radius 2 is 1.61 bits per heavy atom. The van der Waals surface area contributed by atoms with Crippen LogP contribution >= 0.6 is 11.8 Å². The summed E-state index contributed by atoms with van der Waals surface area (Å²) in [6.07, 6.45) is 0. The maximum Gasteiger partial charge on any atom is 0.230 e. The lowest BCUT2D eigenvalue weighted by molar-refractivity contribution is -0.118. The highest BCUT2D eigenvalue weighted by atomic mass is 32.2. The highest BCUT2D eigenvalue weighted by Crippen LogP contribution is 2.28. The smallest absolute Gasteiger partial charge is 0.230 e. The van der Waals surface area contributed by atoms with Crippen LogP contribution in [0.4, 0.5) is 0 Å². The van der Waals surface area contributed by atoms with Crippen LogP contribution in [0.2, 0.25) is 0 Å². The van der Waals surface area contributed by atoms with Gasteiger partial charge in [0, 0.05) is 23.4 Å². The third kappa shape index (κ3) is 5.43. The number of thioether (sulfide) groups is 1. The Morgan fingerprint density at radius 3 is 2.30 bits per heavy atom. The van der Waals surface area contributed by atoms with Crippen molar-refractivity contribution in [2.75, 3.05) is 12.9 Å². The molecule has 0 aliphatic rings. The lowest BCUT2D eigenvalue weighted by Crippen LogP contribution is -2.25. The molecule has 7 heteroatoms. The summed E-state index contributed by atoms with van der Waals surface area (Å²) in [5.74, 6) is 1.65. The van der Waals surface area contributed by atoms with Crippen LogP contribution < -0.4 is 10.1 Å². The molecule has 0 unspecified atom stereocenters. The van der Waals surface area contributed by atoms with E-state index < -0.39 is 0 Å². The van der Waals surface area contributed by atoms with Gasteiger partial charge in [-0.15, -0.1) is 10.2 Å². The minimum Gasteiger partial charge on any atom is -0.496 e. The molecule has 33 heavy (non-hydrogen) atoms. The molecule has 0 fully saturated rings. The largest absolute Gasteiger partial charge is 0.496 e. The maximum absolute atomic E-state index is 12.6. The third-order valence-electron chi connectivity index (χ3n) is 5.24. The molecule has 0 atom stereocenters. The molecule has 0 saturated heterocycles. The minimum atomic E-state index is -0.0822. The summed E-state index contributed by atoms with van der Waals surface area (Å²) in [6.45, 7) is 4.51. The predicted octanol–water partition coefficient (Wildman–Crippen LogP) is 4.97. The van der Waals surface area contributed by atoms with Gasteiger partial charge in [0.15, 0.2) is 11.0 Å². The van der Waals surface area contributed by atoms with E-state index in [2.05, 4.69) is 53.6 Å². The molecule has 4 aromatic rings. The van der Waals surface area contributed by atoms with Crippen molar-refractivity contribution in [2.24, 2.45) is 0 Å². The number of nitrogens with zero attached hydrogens (tertiary/aromatic N) is 3. The Hall–Kier alpha value is -3.58. The Balaban J connectivity index is 1.53. The van der Waals surface area contributed by atoms with Gasteiger partial charge in [0.05, 0.1) is 12.9 Å². The van der Waals surface area contributed by atoms with Gasteiger partial charge in [-0.3, -0.25) is 9.36 Å². The van der Waals surface area contributed by atoms with Crippen molar-refractivity contribution in [2.45, 2.75) is 25.5 Å². The highest BCUT2D eigenvalue weighted by Gasteiger charge is 2.17. The van der Waals surface area contributed by atoms with Gasteiger partial charge < -0.3 is 10.1 Å². The lowest BCUT2D eigenvalue weighted by Gasteiger charge is -2.12. The summed E-state index contributed by atoms with van der Waals surface area (Å²) in [7, 11) is 1.63. The van der Waals surface area contributed by atoms with E-state index in [0.717, 1.165) is 28.4 Å². The average Bonchev–Trinajstić information content (AvgIpc) is 3.26. The van der Waals surface area contributed by atoms with Crippen LogP contribution in [0.1, 0.15) is 16.7 Å². The van der Waals surface area contributed by atoms with Crippen molar-refractivity contribution < 1.29 is 9.53 Å². The summed E-state index contributed by atoms with van der Waals surface area (Å²) in [6, 6.07) is 24.1. The van der Waals surface area contributed by atoms with Crippen LogP contribution in [0, 0.1) is 13.8 Å². The standard InChI is InChI=1S/C26H26N4O2S/c1-18-8-12-20(13-9-18)25-28-29-26(30(25)22-14-10-19(2)11-15-22)33-17-24(31)27-16-21-6-4-5-7-23(21)32-3/h4-15H,16-17H2,1-3H3,(H,27,31). The van der Waals surface area contributed by atoms with Crippen LogP contribution in [0.5, 0.6) is 5.75 Å². The van der Waals surface area contributed by atoms with E-state index in [-0.39, 0.29) is 11.7 Å². The Kier molecular flexibility index (Phi) is 7.10. The van der Waals surface area contributed by atoms with Gasteiger partial charge in [-0.2, -0.15) is 0 Å². The molecule has 1 heterocycles. The van der Waals surface area contributed by atoms with Crippen LogP contribution in [0.25, 0.3) is 17.1 Å². The van der Waals surface area contributed by atoms with Gasteiger partial charge in [-0.25, -0.2) is 0 Å². The van der Waals surface area contributed by atoms with Crippen LogP contribution in [-0.4, -0.2) is 33.5 Å². The van der Waals surface area contributed by atoms with E-state index in [1.165, 1.54) is 22.9 Å². The van der Waals surface area contributed by atoms with Crippen molar-refractivity contribution in [3.8, 4) is 22.8 Å². The quantitative estimate of drug-likeness (QED) is 0.378. The zero-order valence-electron chi connectivity index (χ0n) is 18.9. The maximum atomic E-state index is 12.6. The average molecular weight is 459 g/mol. The van der Waals surface area contributed by atoms with Crippen LogP contribution in [0.3, 0.4) is 0 Å². The van der Waals surface area contributed by atoms with E-state index in [1.807, 2.05) is 53.1 Å². The van der Waals surface area contributed by atoms with E-state index in [9.17, 15) is 4.79 Å². The molecule has 3 aromatic carbocycles. The molecule has 6 nitrogen and oxygen atoms in total. The van der Waals surface area contributed by atoms with E-state index >= 15 is 0 Å². The van der Waals surface area contributed by atoms with E-state index in [0.29, 0.717) is 11.7 Å². The number of rotatable bonds is 8. The van der Waals surface area contributed by atoms with Gasteiger partial charge >= 0.3 is 0 Å². The normalized spacial score (nSPS) is 10.8. The predicted molar refractivity (Wildman–Crippen MR) is 132 cm³/mol. The Labute approximate surface area is 198 Å². The Bertz CT molecular complexity index is 1230. The molecular weight excluding hydrogens is 432 g/mol. The number of ether oxygens (including phenoxy) is 1. The fourth-order valence-electron chi connectivity index (χ4n) is 3.40. The monoisotopic (exact) mass is 458 g/mol. The summed E-state index contributed by atoms with van der Waals surface area (Å²) in [5, 5.41) is 12.5. The number of amides is 1. The molecular formula is C26H26N4O2S. The number of benzene rings is 3. The number of hydrogen-bond donors (Lipinski definition) is 1. The second-order valence-corrected chi connectivity index (χ2v) is 8.66. The number of carbonyl (C=O) groups excluding carboxylic acids is 1. The van der Waals surface area contributed by atoms with E-state index in [4.69, 9.17) is 4.74 Å².